The molecule has 5 heterocycles. The van der Waals surface area contributed by atoms with Crippen molar-refractivity contribution < 1.29 is 0 Å². The molecule has 0 aliphatic carbocycles. The summed E-state index contributed by atoms with van der Waals surface area (Å²) in [5, 5.41) is 0. The summed E-state index contributed by atoms with van der Waals surface area (Å²) in [5.74, 6) is 0. The van der Waals surface area contributed by atoms with Gasteiger partial charge in [0.1, 0.15) is 5.69 Å². The van der Waals surface area contributed by atoms with E-state index in [0.717, 1.165) is 93.8 Å². The smallest absolute Gasteiger partial charge is 0.132 e. The topological polar surface area (TPSA) is 57.4 Å². The van der Waals surface area contributed by atoms with Gasteiger partial charge >= 0.3 is 0 Å². The number of benzene rings is 4. The van der Waals surface area contributed by atoms with Crippen LogP contribution in [-0.2, 0) is 0 Å². The molecule has 9 rings (SSSR count). The molecule has 0 unspecified atom stereocenters. The van der Waals surface area contributed by atoms with E-state index in [4.69, 9.17) is 9.97 Å². The van der Waals surface area contributed by atoms with Crippen LogP contribution < -0.4 is 4.48 Å². The van der Waals surface area contributed by atoms with Gasteiger partial charge in [-0.05, 0) is 95.1 Å². The van der Waals surface area contributed by atoms with Gasteiger partial charge in [-0.25, -0.2) is 9.97 Å². The quantitative estimate of drug-likeness (QED) is 0.179. The van der Waals surface area contributed by atoms with E-state index in [2.05, 4.69) is 195 Å². The Bertz CT molecular complexity index is 2640. The van der Waals surface area contributed by atoms with Crippen molar-refractivity contribution in [1.82, 2.24) is 24.4 Å². The molecule has 2 aliphatic heterocycles. The van der Waals surface area contributed by atoms with Crippen LogP contribution in [-0.4, -0.2) is 41.1 Å². The standard InChI is InChI=1S/C47H38N5/c1-52(2,3)35-21-19-34(20-22-35)47-42-29-27-40(50-42)45(32-15-9-5-10-16-32)38-25-23-36(48-38)44(31-13-7-4-8-14-31)37-24-26-39(49-37)46(33-17-11-6-12-18-33)41-28-30-43(47)51-41/h4-30,48,51H,1-3H3/q+1. The number of hydrogen-bond acceptors (Lipinski definition) is 2. The van der Waals surface area contributed by atoms with Crippen molar-refractivity contribution in [3.8, 4) is 44.5 Å². The summed E-state index contributed by atoms with van der Waals surface area (Å²) in [4.78, 5) is 18.5. The molecule has 5 heteroatoms. The van der Waals surface area contributed by atoms with Crippen molar-refractivity contribution in [3.05, 3.63) is 162 Å². The van der Waals surface area contributed by atoms with Crippen molar-refractivity contribution in [2.24, 2.45) is 0 Å². The average Bonchev–Trinajstić information content (AvgIpc) is 4.01. The van der Waals surface area contributed by atoms with Crippen LogP contribution in [0.2, 0.25) is 0 Å². The molecular formula is C47H38N5+. The van der Waals surface area contributed by atoms with Crippen LogP contribution in [0.4, 0.5) is 5.69 Å². The minimum Gasteiger partial charge on any atom is -0.354 e. The summed E-state index contributed by atoms with van der Waals surface area (Å²) in [5.41, 5.74) is 17.3. The van der Waals surface area contributed by atoms with Crippen molar-refractivity contribution in [2.75, 3.05) is 21.1 Å². The molecule has 0 saturated heterocycles. The Labute approximate surface area is 303 Å². The minimum absolute atomic E-state index is 0.738. The highest BCUT2D eigenvalue weighted by molar-refractivity contribution is 5.99. The number of aromatic amines is 2. The molecule has 0 saturated carbocycles. The van der Waals surface area contributed by atoms with Gasteiger partial charge in [-0.2, -0.15) is 0 Å². The third-order valence-corrected chi connectivity index (χ3v) is 9.87. The van der Waals surface area contributed by atoms with E-state index in [1.165, 1.54) is 5.69 Å². The van der Waals surface area contributed by atoms with Crippen molar-refractivity contribution >= 4 is 52.1 Å². The second-order valence-electron chi connectivity index (χ2n) is 14.2. The number of H-pyrrole nitrogens is 2. The first-order chi connectivity index (χ1) is 25.4. The Balaban J connectivity index is 1.45. The normalized spacial score (nSPS) is 12.4. The molecule has 7 aromatic rings. The van der Waals surface area contributed by atoms with Crippen LogP contribution >= 0.6 is 0 Å². The van der Waals surface area contributed by atoms with Crippen molar-refractivity contribution in [2.45, 2.75) is 0 Å². The molecular weight excluding hydrogens is 635 g/mol. The van der Waals surface area contributed by atoms with Crippen LogP contribution in [0.25, 0.3) is 90.9 Å². The highest BCUT2D eigenvalue weighted by Gasteiger charge is 2.19. The highest BCUT2D eigenvalue weighted by Crippen LogP contribution is 2.38. The van der Waals surface area contributed by atoms with Crippen LogP contribution in [0.15, 0.2) is 140 Å². The molecule has 0 fully saturated rings. The second-order valence-corrected chi connectivity index (χ2v) is 14.2. The Morgan fingerprint density at radius 1 is 0.346 bits per heavy atom. The molecule has 5 nitrogen and oxygen atoms in total. The molecule has 4 aromatic carbocycles. The Hall–Kier alpha value is -6.56. The fraction of sp³-hybridized carbons (Fsp3) is 0.0638. The van der Waals surface area contributed by atoms with Gasteiger partial charge in [0, 0.05) is 44.3 Å². The molecule has 2 aliphatic rings. The zero-order valence-electron chi connectivity index (χ0n) is 29.4. The fourth-order valence-corrected chi connectivity index (χ4v) is 7.31. The maximum Gasteiger partial charge on any atom is 0.132 e. The zero-order valence-corrected chi connectivity index (χ0v) is 29.4. The van der Waals surface area contributed by atoms with Gasteiger partial charge in [0.05, 0.1) is 43.9 Å². The van der Waals surface area contributed by atoms with Gasteiger partial charge in [-0.15, -0.1) is 0 Å². The lowest BCUT2D eigenvalue weighted by atomic mass is 10.0. The Morgan fingerprint density at radius 2 is 0.635 bits per heavy atom. The van der Waals surface area contributed by atoms with E-state index in [-0.39, 0.29) is 0 Å². The maximum absolute atomic E-state index is 5.42. The van der Waals surface area contributed by atoms with E-state index in [1.54, 1.807) is 0 Å². The number of aromatic nitrogens is 4. The van der Waals surface area contributed by atoms with Gasteiger partial charge in [-0.1, -0.05) is 91.0 Å². The van der Waals surface area contributed by atoms with E-state index in [1.807, 2.05) is 0 Å². The third kappa shape index (κ3) is 5.67. The number of nitrogens with zero attached hydrogens (tertiary/aromatic N) is 3. The van der Waals surface area contributed by atoms with Gasteiger partial charge < -0.3 is 9.97 Å². The largest absolute Gasteiger partial charge is 0.354 e. The number of hydrogen-bond donors (Lipinski definition) is 2. The monoisotopic (exact) mass is 672 g/mol. The van der Waals surface area contributed by atoms with Crippen LogP contribution in [0, 0.1) is 0 Å². The van der Waals surface area contributed by atoms with Crippen LogP contribution in [0.3, 0.4) is 0 Å². The molecule has 8 bridgehead atoms. The first kappa shape index (κ1) is 31.4. The average molecular weight is 673 g/mol. The molecule has 3 aromatic heterocycles. The molecule has 0 amide bonds. The highest BCUT2D eigenvalue weighted by atomic mass is 15.3. The molecule has 0 spiro atoms. The van der Waals surface area contributed by atoms with E-state index in [0.29, 0.717) is 0 Å². The Morgan fingerprint density at radius 3 is 0.923 bits per heavy atom. The molecule has 52 heavy (non-hydrogen) atoms. The lowest BCUT2D eigenvalue weighted by Crippen LogP contribution is -2.34. The summed E-state index contributed by atoms with van der Waals surface area (Å²) < 4.78 is 0.738. The minimum atomic E-state index is 0.738. The first-order valence-electron chi connectivity index (χ1n) is 17.7. The second kappa shape index (κ2) is 12.6. The molecule has 0 atom stereocenters. The van der Waals surface area contributed by atoms with Gasteiger partial charge in [0.15, 0.2) is 0 Å². The summed E-state index contributed by atoms with van der Waals surface area (Å²) in [7, 11) is 6.57. The molecule has 2 N–H and O–H groups in total. The van der Waals surface area contributed by atoms with Gasteiger partial charge in [0.2, 0.25) is 0 Å². The van der Waals surface area contributed by atoms with Crippen molar-refractivity contribution in [3.63, 3.8) is 0 Å². The zero-order chi connectivity index (χ0) is 35.2. The van der Waals surface area contributed by atoms with E-state index in [9.17, 15) is 0 Å². The lowest BCUT2D eigenvalue weighted by Gasteiger charge is -2.23. The van der Waals surface area contributed by atoms with E-state index >= 15 is 0 Å². The summed E-state index contributed by atoms with van der Waals surface area (Å²) >= 11 is 0. The molecule has 0 radical (unpaired) electrons. The third-order valence-electron chi connectivity index (χ3n) is 9.87. The fourth-order valence-electron chi connectivity index (χ4n) is 7.31. The van der Waals surface area contributed by atoms with Crippen LogP contribution in [0.5, 0.6) is 0 Å². The van der Waals surface area contributed by atoms with Crippen molar-refractivity contribution in [1.29, 1.82) is 0 Å². The van der Waals surface area contributed by atoms with Gasteiger partial charge in [-0.3, -0.25) is 4.48 Å². The number of quaternary nitrogens is 1. The summed E-state index contributed by atoms with van der Waals surface area (Å²) in [6, 6.07) is 49.1. The number of fused-ring (bicyclic) bond motifs is 8. The van der Waals surface area contributed by atoms with E-state index < -0.39 is 0 Å². The predicted molar refractivity (Wildman–Crippen MR) is 220 cm³/mol. The number of nitrogens with one attached hydrogen (secondary N) is 2. The van der Waals surface area contributed by atoms with Crippen LogP contribution in [0.1, 0.15) is 22.8 Å². The summed E-state index contributed by atoms with van der Waals surface area (Å²) in [6.45, 7) is 0. The van der Waals surface area contributed by atoms with Gasteiger partial charge in [0.25, 0.3) is 0 Å². The lowest BCUT2D eigenvalue weighted by molar-refractivity contribution is 0.486. The number of rotatable bonds is 5. The SMILES string of the molecule is C[N+](C)(C)c1ccc(-c2c3nc(c(-c4ccccc4)c4ccc([nH]4)c(-c4ccccc4)c4nc(c(-c5ccccc5)c5ccc2[nH]5)C=C4)C=C3)cc1. The predicted octanol–water partition coefficient (Wildman–Crippen LogP) is 11.5. The molecule has 250 valence electrons. The first-order valence-corrected chi connectivity index (χ1v) is 17.7. The maximum atomic E-state index is 5.42. The Kier molecular flexibility index (Phi) is 7.64. The summed E-state index contributed by atoms with van der Waals surface area (Å²) in [6.07, 6.45) is 8.58.